The van der Waals surface area contributed by atoms with Crippen LogP contribution < -0.4 is 5.30 Å². The van der Waals surface area contributed by atoms with Crippen molar-refractivity contribution in [3.63, 3.8) is 0 Å². The maximum atomic E-state index is 12.8. The van der Waals surface area contributed by atoms with Gasteiger partial charge in [-0.2, -0.15) is 0 Å². The Balaban J connectivity index is 2.54. The second-order valence-corrected chi connectivity index (χ2v) is 8.21. The minimum atomic E-state index is -2.06. The van der Waals surface area contributed by atoms with Crippen molar-refractivity contribution in [2.24, 2.45) is 0 Å². The lowest BCUT2D eigenvalue weighted by Crippen LogP contribution is -2.16. The summed E-state index contributed by atoms with van der Waals surface area (Å²) in [5.74, 6) is -0.284. The first-order valence-electron chi connectivity index (χ1n) is 7.09. The number of hydrogen-bond donors (Lipinski definition) is 0. The fourth-order valence-electron chi connectivity index (χ4n) is 2.20. The number of carbonyl (C=O) groups is 1. The van der Waals surface area contributed by atoms with E-state index >= 15 is 0 Å². The summed E-state index contributed by atoms with van der Waals surface area (Å²) in [6, 6.07) is 11.9. The van der Waals surface area contributed by atoms with Gasteiger partial charge >= 0.3 is 0 Å². The highest BCUT2D eigenvalue weighted by molar-refractivity contribution is 7.54. The third-order valence-corrected chi connectivity index (χ3v) is 6.59. The number of hydrogen-bond acceptors (Lipinski definition) is 2. The lowest BCUT2D eigenvalue weighted by atomic mass is 10.0. The first-order chi connectivity index (χ1) is 10.5. The summed E-state index contributed by atoms with van der Waals surface area (Å²) in [6.45, 7) is 3.92. The van der Waals surface area contributed by atoms with Crippen molar-refractivity contribution in [1.82, 2.24) is 0 Å². The number of ketones is 1. The van der Waals surface area contributed by atoms with E-state index in [-0.39, 0.29) is 17.0 Å². The van der Waals surface area contributed by atoms with Gasteiger partial charge in [-0.1, -0.05) is 67.4 Å². The zero-order chi connectivity index (χ0) is 16.3. The maximum absolute atomic E-state index is 12.8. The third kappa shape index (κ3) is 3.46. The summed E-state index contributed by atoms with van der Waals surface area (Å²) in [5.41, 5.74) is 0.722. The molecule has 0 saturated carbocycles. The minimum Gasteiger partial charge on any atom is -0.322 e. The smallest absolute Gasteiger partial charge is 0.196 e. The van der Waals surface area contributed by atoms with Crippen LogP contribution in [0.5, 0.6) is 0 Å². The molecular weight excluding hydrogens is 338 g/mol. The molecule has 0 spiro atoms. The predicted molar refractivity (Wildman–Crippen MR) is 94.7 cm³/mol. The first kappa shape index (κ1) is 17.3. The monoisotopic (exact) mass is 354 g/mol. The van der Waals surface area contributed by atoms with Crippen LogP contribution in [0.3, 0.4) is 0 Å². The predicted octanol–water partition coefficient (Wildman–Crippen LogP) is 5.21. The van der Waals surface area contributed by atoms with Gasteiger partial charge in [0.2, 0.25) is 0 Å². The van der Waals surface area contributed by atoms with E-state index in [1.807, 2.05) is 13.8 Å². The quantitative estimate of drug-likeness (QED) is 0.545. The van der Waals surface area contributed by atoms with Crippen LogP contribution in [0, 0.1) is 0 Å². The maximum Gasteiger partial charge on any atom is 0.196 e. The van der Waals surface area contributed by atoms with E-state index in [1.165, 1.54) is 0 Å². The van der Waals surface area contributed by atoms with Gasteiger partial charge in [0.25, 0.3) is 0 Å². The Kier molecular flexibility index (Phi) is 5.86. The fraction of sp³-hybridized carbons (Fsp3) is 0.235. The third-order valence-electron chi connectivity index (χ3n) is 3.69. The molecule has 2 aromatic rings. The number of halogens is 2. The molecule has 0 saturated heterocycles. The lowest BCUT2D eigenvalue weighted by molar-refractivity contribution is 0.104. The van der Waals surface area contributed by atoms with Gasteiger partial charge in [0, 0.05) is 16.5 Å². The molecule has 2 nitrogen and oxygen atoms in total. The molecule has 22 heavy (non-hydrogen) atoms. The Bertz CT molecular complexity index is 708. The van der Waals surface area contributed by atoms with Crippen molar-refractivity contribution >= 4 is 42.1 Å². The van der Waals surface area contributed by atoms with Crippen LogP contribution in [0.15, 0.2) is 42.5 Å². The average molecular weight is 355 g/mol. The molecule has 0 aliphatic carbocycles. The summed E-state index contributed by atoms with van der Waals surface area (Å²) in [6.07, 6.45) is 0.799. The van der Waals surface area contributed by atoms with Gasteiger partial charge in [0.1, 0.15) is 7.80 Å². The summed E-state index contributed by atoms with van der Waals surface area (Å²) in [7, 11) is -2.06. The fourth-order valence-corrected chi connectivity index (χ4v) is 4.39. The van der Waals surface area contributed by atoms with E-state index in [2.05, 4.69) is 0 Å². The Hall–Kier alpha value is -1.08. The van der Waals surface area contributed by atoms with Gasteiger partial charge in [-0.3, -0.25) is 4.79 Å². The van der Waals surface area contributed by atoms with E-state index in [0.717, 1.165) is 6.42 Å². The number of carbonyl (C=O) groups excluding carboxylic acids is 1. The number of rotatable bonds is 5. The molecule has 0 fully saturated rings. The first-order valence-corrected chi connectivity index (χ1v) is 9.33. The molecule has 2 unspecified atom stereocenters. The minimum absolute atomic E-state index is 0.0423. The molecule has 2 aromatic carbocycles. The molecule has 116 valence electrons. The molecule has 0 aromatic heterocycles. The molecule has 0 aliphatic heterocycles. The second kappa shape index (κ2) is 7.46. The van der Waals surface area contributed by atoms with Crippen LogP contribution in [0.1, 0.15) is 36.2 Å². The van der Waals surface area contributed by atoms with Gasteiger partial charge in [0.15, 0.2) is 5.78 Å². The highest BCUT2D eigenvalue weighted by Gasteiger charge is 2.22. The Morgan fingerprint density at radius 2 is 1.68 bits per heavy atom. The van der Waals surface area contributed by atoms with Crippen molar-refractivity contribution in [3.8, 4) is 0 Å². The van der Waals surface area contributed by atoms with Gasteiger partial charge in [-0.05, 0) is 18.6 Å². The lowest BCUT2D eigenvalue weighted by Gasteiger charge is -2.14. The van der Waals surface area contributed by atoms with E-state index in [9.17, 15) is 9.36 Å². The summed E-state index contributed by atoms with van der Waals surface area (Å²) in [5, 5.41) is 1.20. The molecular formula is C17H17Cl2O2P. The highest BCUT2D eigenvalue weighted by Crippen LogP contribution is 2.33. The van der Waals surface area contributed by atoms with Gasteiger partial charge in [0.05, 0.1) is 15.6 Å². The molecule has 0 heterocycles. The van der Waals surface area contributed by atoms with Crippen LogP contribution >= 0.6 is 31.0 Å². The van der Waals surface area contributed by atoms with Crippen LogP contribution in [0.2, 0.25) is 10.0 Å². The van der Waals surface area contributed by atoms with Crippen LogP contribution in [0.4, 0.5) is 0 Å². The van der Waals surface area contributed by atoms with Crippen molar-refractivity contribution in [1.29, 1.82) is 0 Å². The molecule has 0 aliphatic rings. The second-order valence-electron chi connectivity index (χ2n) is 5.14. The van der Waals surface area contributed by atoms with Gasteiger partial charge in [-0.25, -0.2) is 0 Å². The molecule has 0 bridgehead atoms. The van der Waals surface area contributed by atoms with Crippen LogP contribution in [-0.4, -0.2) is 11.4 Å². The molecule has 0 N–H and O–H groups in total. The molecule has 0 radical (unpaired) electrons. The van der Waals surface area contributed by atoms with Crippen molar-refractivity contribution in [3.05, 3.63) is 63.6 Å². The van der Waals surface area contributed by atoms with Crippen molar-refractivity contribution < 1.29 is 9.36 Å². The van der Waals surface area contributed by atoms with Gasteiger partial charge in [-0.15, -0.1) is 0 Å². The topological polar surface area (TPSA) is 34.1 Å². The largest absolute Gasteiger partial charge is 0.322 e. The normalized spacial score (nSPS) is 13.6. The van der Waals surface area contributed by atoms with E-state index in [4.69, 9.17) is 23.2 Å². The summed E-state index contributed by atoms with van der Waals surface area (Å²) >= 11 is 12.2. The van der Waals surface area contributed by atoms with Gasteiger partial charge < -0.3 is 4.57 Å². The highest BCUT2D eigenvalue weighted by atomic mass is 35.5. The average Bonchev–Trinajstić information content (AvgIpc) is 2.53. The van der Waals surface area contributed by atoms with E-state index in [0.29, 0.717) is 20.9 Å². The summed E-state index contributed by atoms with van der Waals surface area (Å²) < 4.78 is 12.7. The van der Waals surface area contributed by atoms with Crippen molar-refractivity contribution in [2.45, 2.75) is 25.9 Å². The SMILES string of the molecule is CCC(C)[PH](=O)c1ccccc1C(=O)c1c(Cl)cccc1Cl. The zero-order valence-electron chi connectivity index (χ0n) is 12.4. The van der Waals surface area contributed by atoms with Crippen molar-refractivity contribution in [2.75, 3.05) is 0 Å². The Morgan fingerprint density at radius 3 is 2.27 bits per heavy atom. The number of benzene rings is 2. The van der Waals surface area contributed by atoms with Crippen LogP contribution in [-0.2, 0) is 4.57 Å². The molecule has 0 amide bonds. The molecule has 2 atom stereocenters. The Morgan fingerprint density at radius 1 is 1.09 bits per heavy atom. The standard InChI is InChI=1S/C17H17Cl2O2P/c1-3-11(2)22(21)15-10-5-4-7-12(15)17(20)16-13(18)8-6-9-14(16)19/h4-11,22H,3H2,1-2H3. The molecule has 2 rings (SSSR count). The van der Waals surface area contributed by atoms with Crippen LogP contribution in [0.25, 0.3) is 0 Å². The molecule has 5 heteroatoms. The summed E-state index contributed by atoms with van der Waals surface area (Å²) in [4.78, 5) is 12.8. The zero-order valence-corrected chi connectivity index (χ0v) is 14.9. The van der Waals surface area contributed by atoms with E-state index in [1.54, 1.807) is 42.5 Å². The Labute approximate surface area is 141 Å². The van der Waals surface area contributed by atoms with E-state index < -0.39 is 7.80 Å².